The number of carbonyl (C=O) groups excluding carboxylic acids is 1. The van der Waals surface area contributed by atoms with Crippen molar-refractivity contribution in [1.82, 2.24) is 14.9 Å². The molecule has 8 heteroatoms. The monoisotopic (exact) mass is 381 g/mol. The van der Waals surface area contributed by atoms with Crippen LogP contribution in [0.25, 0.3) is 10.2 Å². The van der Waals surface area contributed by atoms with Gasteiger partial charge in [0.1, 0.15) is 10.7 Å². The molecule has 0 bridgehead atoms. The van der Waals surface area contributed by atoms with E-state index in [2.05, 4.69) is 9.97 Å². The average Bonchev–Trinajstić information content (AvgIpc) is 3.17. The van der Waals surface area contributed by atoms with Gasteiger partial charge in [-0.2, -0.15) is 0 Å². The number of likely N-dealkylation sites (tertiary alicyclic amines) is 1. The second-order valence-corrected chi connectivity index (χ2v) is 8.89. The molecule has 0 unspecified atom stereocenters. The highest BCUT2D eigenvalue weighted by atomic mass is 32.2. The number of nitrogens with zero attached hydrogens (tertiary/aromatic N) is 2. The summed E-state index contributed by atoms with van der Waals surface area (Å²) in [7, 11) is 1.68. The minimum absolute atomic E-state index is 0.0936. The Morgan fingerprint density at radius 1 is 1.52 bits per heavy atom. The molecule has 136 valence electrons. The van der Waals surface area contributed by atoms with Crippen molar-refractivity contribution in [2.24, 2.45) is 0 Å². The van der Waals surface area contributed by atoms with Crippen molar-refractivity contribution >= 4 is 39.2 Å². The van der Waals surface area contributed by atoms with E-state index in [1.807, 2.05) is 25.7 Å². The van der Waals surface area contributed by atoms with Crippen LogP contribution >= 0.6 is 23.1 Å². The van der Waals surface area contributed by atoms with Crippen LogP contribution in [-0.4, -0.2) is 52.3 Å². The highest BCUT2D eigenvalue weighted by molar-refractivity contribution is 7.99. The molecule has 1 fully saturated rings. The normalized spacial score (nSPS) is 18.9. The summed E-state index contributed by atoms with van der Waals surface area (Å²) >= 11 is 3.04. The van der Waals surface area contributed by atoms with Crippen molar-refractivity contribution in [3.63, 3.8) is 0 Å². The summed E-state index contributed by atoms with van der Waals surface area (Å²) < 4.78 is 5.32. The zero-order chi connectivity index (χ0) is 18.1. The number of carbonyl (C=O) groups is 1. The molecule has 3 heterocycles. The molecule has 1 N–H and O–H groups in total. The van der Waals surface area contributed by atoms with E-state index >= 15 is 0 Å². The van der Waals surface area contributed by atoms with Crippen molar-refractivity contribution in [1.29, 1.82) is 0 Å². The molecule has 2 atom stereocenters. The number of ether oxygens (including phenoxy) is 1. The highest BCUT2D eigenvalue weighted by Gasteiger charge is 2.29. The maximum Gasteiger partial charge on any atom is 0.259 e. The number of thioether (sulfide) groups is 1. The maximum atomic E-state index is 12.5. The highest BCUT2D eigenvalue weighted by Crippen LogP contribution is 2.27. The van der Waals surface area contributed by atoms with Gasteiger partial charge in [-0.1, -0.05) is 0 Å². The number of aromatic nitrogens is 2. The van der Waals surface area contributed by atoms with Crippen LogP contribution in [0.5, 0.6) is 0 Å². The summed E-state index contributed by atoms with van der Waals surface area (Å²) in [5, 5.41) is 0.506. The molecule has 0 aliphatic carbocycles. The molecule has 0 radical (unpaired) electrons. The van der Waals surface area contributed by atoms with Crippen molar-refractivity contribution in [3.8, 4) is 0 Å². The van der Waals surface area contributed by atoms with E-state index in [4.69, 9.17) is 4.74 Å². The van der Waals surface area contributed by atoms with Gasteiger partial charge in [0.15, 0.2) is 0 Å². The second-order valence-electron chi connectivity index (χ2n) is 6.36. The van der Waals surface area contributed by atoms with Gasteiger partial charge in [-0.3, -0.25) is 9.59 Å². The number of nitrogens with one attached hydrogen (secondary N) is 1. The minimum atomic E-state index is -0.177. The largest absolute Gasteiger partial charge is 0.380 e. The van der Waals surface area contributed by atoms with Gasteiger partial charge < -0.3 is 14.6 Å². The number of aryl methyl sites for hydroxylation is 2. The zero-order valence-electron chi connectivity index (χ0n) is 14.9. The van der Waals surface area contributed by atoms with E-state index in [0.29, 0.717) is 23.5 Å². The molecule has 1 aliphatic heterocycles. The first kappa shape index (κ1) is 18.4. The molecule has 1 amide bonds. The Hall–Kier alpha value is -1.38. The van der Waals surface area contributed by atoms with E-state index in [1.165, 1.54) is 11.8 Å². The van der Waals surface area contributed by atoms with Crippen molar-refractivity contribution in [2.75, 3.05) is 20.2 Å². The maximum absolute atomic E-state index is 12.5. The van der Waals surface area contributed by atoms with Gasteiger partial charge in [-0.15, -0.1) is 23.1 Å². The molecule has 1 aliphatic rings. The number of hydrogen-bond donors (Lipinski definition) is 1. The Kier molecular flexibility index (Phi) is 5.50. The molecule has 25 heavy (non-hydrogen) atoms. The standard InChI is InChI=1S/C17H23N3O3S2/c1-9-10(2)25-16-14(9)15(21)18-13(19-16)8-24-11(3)17(22)20-6-5-12(7-20)23-4/h11-12H,5-8H2,1-4H3,(H,18,19,21)/t11-,12+/m1/s1. The summed E-state index contributed by atoms with van der Waals surface area (Å²) in [6.45, 7) is 7.26. The first-order valence-electron chi connectivity index (χ1n) is 8.32. The average molecular weight is 382 g/mol. The molecule has 0 aromatic carbocycles. The molecular weight excluding hydrogens is 358 g/mol. The first-order chi connectivity index (χ1) is 11.9. The van der Waals surface area contributed by atoms with Crippen LogP contribution in [0.2, 0.25) is 0 Å². The lowest BCUT2D eigenvalue weighted by Crippen LogP contribution is -2.35. The Bertz CT molecular complexity index is 846. The number of thiophene rings is 1. The van der Waals surface area contributed by atoms with Crippen LogP contribution in [0.4, 0.5) is 0 Å². The lowest BCUT2D eigenvalue weighted by atomic mass is 10.2. The summed E-state index contributed by atoms with van der Waals surface area (Å²) in [5.41, 5.74) is 0.905. The van der Waals surface area contributed by atoms with E-state index in [0.717, 1.165) is 28.2 Å². The Morgan fingerprint density at radius 3 is 2.96 bits per heavy atom. The third kappa shape index (κ3) is 3.75. The van der Waals surface area contributed by atoms with Crippen molar-refractivity contribution < 1.29 is 9.53 Å². The fourth-order valence-electron chi connectivity index (χ4n) is 3.02. The molecule has 2 aromatic heterocycles. The quantitative estimate of drug-likeness (QED) is 0.861. The van der Waals surface area contributed by atoms with Crippen LogP contribution in [0.1, 0.15) is 29.6 Å². The molecule has 2 aromatic rings. The fraction of sp³-hybridized carbons (Fsp3) is 0.588. The van der Waals surface area contributed by atoms with Gasteiger partial charge in [0.2, 0.25) is 5.91 Å². The van der Waals surface area contributed by atoms with Crippen LogP contribution in [0.15, 0.2) is 4.79 Å². The number of H-pyrrole nitrogens is 1. The number of rotatable bonds is 5. The van der Waals surface area contributed by atoms with E-state index in [9.17, 15) is 9.59 Å². The summed E-state index contributed by atoms with van der Waals surface area (Å²) in [6.07, 6.45) is 1.04. The predicted molar refractivity (Wildman–Crippen MR) is 102 cm³/mol. The number of methoxy groups -OCH3 is 1. The first-order valence-corrected chi connectivity index (χ1v) is 10.2. The number of aromatic amines is 1. The lowest BCUT2D eigenvalue weighted by molar-refractivity contribution is -0.129. The number of fused-ring (bicyclic) bond motifs is 1. The number of amides is 1. The van der Waals surface area contributed by atoms with Crippen LogP contribution in [0, 0.1) is 13.8 Å². The summed E-state index contributed by atoms with van der Waals surface area (Å²) in [6, 6.07) is 0. The number of hydrogen-bond acceptors (Lipinski definition) is 6. The topological polar surface area (TPSA) is 75.3 Å². The third-order valence-electron chi connectivity index (χ3n) is 4.70. The Morgan fingerprint density at radius 2 is 2.28 bits per heavy atom. The van der Waals surface area contributed by atoms with Gasteiger partial charge in [0, 0.05) is 25.1 Å². The predicted octanol–water partition coefficient (Wildman–Crippen LogP) is 2.47. The van der Waals surface area contributed by atoms with E-state index in [-0.39, 0.29) is 22.8 Å². The van der Waals surface area contributed by atoms with Gasteiger partial charge >= 0.3 is 0 Å². The fourth-order valence-corrected chi connectivity index (χ4v) is 4.91. The van der Waals surface area contributed by atoms with Crippen LogP contribution < -0.4 is 5.56 Å². The van der Waals surface area contributed by atoms with E-state index in [1.54, 1.807) is 18.4 Å². The molecule has 0 spiro atoms. The van der Waals surface area contributed by atoms with Crippen molar-refractivity contribution in [3.05, 3.63) is 26.6 Å². The lowest BCUT2D eigenvalue weighted by Gasteiger charge is -2.20. The molecule has 0 saturated carbocycles. The zero-order valence-corrected chi connectivity index (χ0v) is 16.6. The van der Waals surface area contributed by atoms with Crippen LogP contribution in [-0.2, 0) is 15.3 Å². The molecular formula is C17H23N3O3S2. The summed E-state index contributed by atoms with van der Waals surface area (Å²) in [5.74, 6) is 1.26. The van der Waals surface area contributed by atoms with Gasteiger partial charge in [0.05, 0.1) is 22.5 Å². The third-order valence-corrected chi connectivity index (χ3v) is 6.94. The SMILES string of the molecule is CO[C@H]1CCN(C(=O)[C@@H](C)SCc2nc3sc(C)c(C)c3c(=O)[nH]2)C1. The van der Waals surface area contributed by atoms with E-state index < -0.39 is 0 Å². The van der Waals surface area contributed by atoms with Crippen LogP contribution in [0.3, 0.4) is 0 Å². The van der Waals surface area contributed by atoms with Crippen molar-refractivity contribution in [2.45, 2.75) is 44.3 Å². The molecule has 3 rings (SSSR count). The Labute approximate surface area is 155 Å². The smallest absolute Gasteiger partial charge is 0.259 e. The molecule has 6 nitrogen and oxygen atoms in total. The van der Waals surface area contributed by atoms with Gasteiger partial charge in [0.25, 0.3) is 5.56 Å². The van der Waals surface area contributed by atoms with Gasteiger partial charge in [-0.25, -0.2) is 4.98 Å². The minimum Gasteiger partial charge on any atom is -0.380 e. The molecule has 1 saturated heterocycles. The second kappa shape index (κ2) is 7.47. The van der Waals surface area contributed by atoms with Gasteiger partial charge in [-0.05, 0) is 32.8 Å². The Balaban J connectivity index is 1.66. The summed E-state index contributed by atoms with van der Waals surface area (Å²) in [4.78, 5) is 36.0.